The molecular weight excluding hydrogens is 297 g/mol. The normalized spacial score (nSPS) is 10.6. The minimum Gasteiger partial charge on any atom is -0.397 e. The van der Waals surface area contributed by atoms with Crippen molar-refractivity contribution in [1.29, 1.82) is 0 Å². The number of nitrogen functional groups attached to an aromatic ring is 1. The molecule has 4 N–H and O–H groups in total. The maximum absolute atomic E-state index is 13.1. The molecule has 0 aliphatic heterocycles. The van der Waals surface area contributed by atoms with E-state index >= 15 is 0 Å². The fraction of sp³-hybridized carbons (Fsp3) is 0.250. The summed E-state index contributed by atoms with van der Waals surface area (Å²) in [6.45, 7) is 2.25. The number of anilines is 2. The lowest BCUT2D eigenvalue weighted by atomic mass is 10.2. The van der Waals surface area contributed by atoms with Crippen molar-refractivity contribution in [3.63, 3.8) is 0 Å². The number of hydrogen-bond donors (Lipinski definition) is 3. The average Bonchev–Trinajstić information content (AvgIpc) is 2.81. The van der Waals surface area contributed by atoms with Crippen molar-refractivity contribution in [2.45, 2.75) is 18.6 Å². The second-order valence-electron chi connectivity index (χ2n) is 4.12. The van der Waals surface area contributed by atoms with Crippen LogP contribution < -0.4 is 16.7 Å². The molecule has 0 aliphatic rings. The molecule has 2 aromatic rings. The highest BCUT2D eigenvalue weighted by molar-refractivity contribution is 7.99. The molecule has 0 unspecified atom stereocenters. The van der Waals surface area contributed by atoms with Crippen molar-refractivity contribution in [3.05, 3.63) is 34.5 Å². The summed E-state index contributed by atoms with van der Waals surface area (Å²) in [5.74, 6) is -0.824. The first kappa shape index (κ1) is 15.1. The summed E-state index contributed by atoms with van der Waals surface area (Å²) in [5.41, 5.74) is 5.81. The van der Waals surface area contributed by atoms with Crippen LogP contribution in [0.4, 0.5) is 15.8 Å². The number of carbonyl (C=O) groups is 1. The first-order valence-electron chi connectivity index (χ1n) is 6.14. The zero-order valence-electron chi connectivity index (χ0n) is 11.2. The second-order valence-corrected chi connectivity index (χ2v) is 5.07. The van der Waals surface area contributed by atoms with Crippen LogP contribution in [0.3, 0.4) is 0 Å². The number of aromatic nitrogens is 3. The standard InChI is InChI=1S/C12H14FN5O2S/c1-2-18-11(20)16-17-12(18)21-6-10(19)15-9-5-7(13)3-4-8(9)14/h3-5H,2,6,14H2,1H3,(H,15,19)(H,16,20). The van der Waals surface area contributed by atoms with Crippen LogP contribution in [0.2, 0.25) is 0 Å². The van der Waals surface area contributed by atoms with E-state index in [2.05, 4.69) is 15.5 Å². The summed E-state index contributed by atoms with van der Waals surface area (Å²) in [7, 11) is 0. The van der Waals surface area contributed by atoms with Gasteiger partial charge in [-0.1, -0.05) is 11.8 Å². The van der Waals surface area contributed by atoms with Crippen LogP contribution in [-0.4, -0.2) is 26.4 Å². The van der Waals surface area contributed by atoms with E-state index in [4.69, 9.17) is 5.73 Å². The Labute approximate surface area is 123 Å². The molecule has 1 amide bonds. The van der Waals surface area contributed by atoms with Crippen molar-refractivity contribution in [1.82, 2.24) is 14.8 Å². The van der Waals surface area contributed by atoms with Crippen LogP contribution in [0.1, 0.15) is 6.92 Å². The summed E-state index contributed by atoms with van der Waals surface area (Å²) in [6.07, 6.45) is 0. The molecule has 0 fully saturated rings. The number of halogens is 1. The van der Waals surface area contributed by atoms with Crippen molar-refractivity contribution in [2.75, 3.05) is 16.8 Å². The van der Waals surface area contributed by atoms with Crippen LogP contribution >= 0.6 is 11.8 Å². The van der Waals surface area contributed by atoms with E-state index < -0.39 is 5.82 Å². The Hall–Kier alpha value is -2.29. The summed E-state index contributed by atoms with van der Waals surface area (Å²) < 4.78 is 14.5. The lowest BCUT2D eigenvalue weighted by Gasteiger charge is -2.08. The summed E-state index contributed by atoms with van der Waals surface area (Å²) in [4.78, 5) is 23.2. The first-order chi connectivity index (χ1) is 10.0. The Bertz CT molecular complexity index is 712. The zero-order chi connectivity index (χ0) is 15.4. The van der Waals surface area contributed by atoms with Gasteiger partial charge in [-0.15, -0.1) is 5.10 Å². The first-order valence-corrected chi connectivity index (χ1v) is 7.12. The van der Waals surface area contributed by atoms with Gasteiger partial charge < -0.3 is 11.1 Å². The van der Waals surface area contributed by atoms with Gasteiger partial charge in [-0.05, 0) is 25.1 Å². The third-order valence-corrected chi connectivity index (χ3v) is 3.64. The maximum Gasteiger partial charge on any atom is 0.343 e. The van der Waals surface area contributed by atoms with Crippen LogP contribution in [0.15, 0.2) is 28.2 Å². The van der Waals surface area contributed by atoms with Gasteiger partial charge in [0, 0.05) is 6.54 Å². The predicted molar refractivity (Wildman–Crippen MR) is 78.7 cm³/mol. The molecule has 1 aromatic carbocycles. The lowest BCUT2D eigenvalue weighted by molar-refractivity contribution is -0.113. The minimum atomic E-state index is -0.487. The van der Waals surface area contributed by atoms with Gasteiger partial charge in [0.25, 0.3) is 0 Å². The molecule has 21 heavy (non-hydrogen) atoms. The second kappa shape index (κ2) is 6.44. The van der Waals surface area contributed by atoms with E-state index in [1.807, 2.05) is 0 Å². The molecule has 0 saturated heterocycles. The Kier molecular flexibility index (Phi) is 4.63. The highest BCUT2D eigenvalue weighted by Crippen LogP contribution is 2.20. The Morgan fingerprint density at radius 3 is 3.05 bits per heavy atom. The summed E-state index contributed by atoms with van der Waals surface area (Å²) in [5, 5.41) is 9.07. The Morgan fingerprint density at radius 2 is 2.33 bits per heavy atom. The van der Waals surface area contributed by atoms with Gasteiger partial charge >= 0.3 is 5.69 Å². The third kappa shape index (κ3) is 3.63. The monoisotopic (exact) mass is 311 g/mol. The van der Waals surface area contributed by atoms with Crippen LogP contribution in [0, 0.1) is 5.82 Å². The van der Waals surface area contributed by atoms with Crippen molar-refractivity contribution in [2.24, 2.45) is 0 Å². The number of nitrogens with zero attached hydrogens (tertiary/aromatic N) is 2. The van der Waals surface area contributed by atoms with E-state index in [9.17, 15) is 14.0 Å². The molecule has 1 heterocycles. The third-order valence-electron chi connectivity index (χ3n) is 2.66. The van der Waals surface area contributed by atoms with Gasteiger partial charge in [-0.2, -0.15) is 0 Å². The summed E-state index contributed by atoms with van der Waals surface area (Å²) >= 11 is 1.10. The topological polar surface area (TPSA) is 106 Å². The van der Waals surface area contributed by atoms with Gasteiger partial charge in [0.05, 0.1) is 17.1 Å². The van der Waals surface area contributed by atoms with E-state index in [1.165, 1.54) is 16.7 Å². The number of H-pyrrole nitrogens is 1. The Balaban J connectivity index is 1.99. The molecule has 0 aliphatic carbocycles. The average molecular weight is 311 g/mol. The number of hydrogen-bond acceptors (Lipinski definition) is 5. The Morgan fingerprint density at radius 1 is 1.57 bits per heavy atom. The molecule has 9 heteroatoms. The molecule has 0 radical (unpaired) electrons. The molecule has 2 rings (SSSR count). The number of nitrogens with one attached hydrogen (secondary N) is 2. The van der Waals surface area contributed by atoms with Gasteiger partial charge in [-0.25, -0.2) is 14.3 Å². The van der Waals surface area contributed by atoms with E-state index in [0.29, 0.717) is 11.7 Å². The van der Waals surface area contributed by atoms with Gasteiger partial charge in [0.1, 0.15) is 5.82 Å². The lowest BCUT2D eigenvalue weighted by Crippen LogP contribution is -2.18. The number of thioether (sulfide) groups is 1. The van der Waals surface area contributed by atoms with Crippen LogP contribution in [0.25, 0.3) is 0 Å². The molecule has 7 nitrogen and oxygen atoms in total. The van der Waals surface area contributed by atoms with Crippen LogP contribution in [-0.2, 0) is 11.3 Å². The van der Waals surface area contributed by atoms with Gasteiger partial charge in [0.15, 0.2) is 5.16 Å². The fourth-order valence-corrected chi connectivity index (χ4v) is 2.46. The predicted octanol–water partition coefficient (Wildman–Crippen LogP) is 1.04. The van der Waals surface area contributed by atoms with E-state index in [1.54, 1.807) is 6.92 Å². The van der Waals surface area contributed by atoms with Crippen molar-refractivity contribution < 1.29 is 9.18 Å². The van der Waals surface area contributed by atoms with Gasteiger partial charge in [-0.3, -0.25) is 9.36 Å². The SMILES string of the molecule is CCn1c(SCC(=O)Nc2cc(F)ccc2N)n[nH]c1=O. The highest BCUT2D eigenvalue weighted by Gasteiger charge is 2.11. The molecular formula is C12H14FN5O2S. The maximum atomic E-state index is 13.1. The minimum absolute atomic E-state index is 0.0280. The number of aromatic amines is 1. The molecule has 0 spiro atoms. The number of nitrogens with two attached hydrogens (primary N) is 1. The molecule has 112 valence electrons. The van der Waals surface area contributed by atoms with Crippen LogP contribution in [0.5, 0.6) is 0 Å². The van der Waals surface area contributed by atoms with Gasteiger partial charge in [0.2, 0.25) is 5.91 Å². The highest BCUT2D eigenvalue weighted by atomic mass is 32.2. The fourth-order valence-electron chi connectivity index (χ4n) is 1.65. The van der Waals surface area contributed by atoms with Crippen molar-refractivity contribution in [3.8, 4) is 0 Å². The number of carbonyl (C=O) groups excluding carboxylic acids is 1. The molecule has 0 bridgehead atoms. The number of benzene rings is 1. The quantitative estimate of drug-likeness (QED) is 0.565. The summed E-state index contributed by atoms with van der Waals surface area (Å²) in [6, 6.07) is 3.73. The number of rotatable bonds is 5. The van der Waals surface area contributed by atoms with Crippen molar-refractivity contribution >= 4 is 29.0 Å². The molecule has 0 saturated carbocycles. The zero-order valence-corrected chi connectivity index (χ0v) is 12.0. The van der Waals surface area contributed by atoms with E-state index in [-0.39, 0.29) is 28.7 Å². The number of amides is 1. The van der Waals surface area contributed by atoms with E-state index in [0.717, 1.165) is 17.8 Å². The smallest absolute Gasteiger partial charge is 0.343 e. The molecule has 0 atom stereocenters. The largest absolute Gasteiger partial charge is 0.397 e. The molecule has 1 aromatic heterocycles.